The number of hydrogen-bond donors (Lipinski definition) is 2. The van der Waals surface area contributed by atoms with Gasteiger partial charge in [0, 0.05) is 31.5 Å². The van der Waals surface area contributed by atoms with Gasteiger partial charge in [0.2, 0.25) is 17.7 Å². The molecule has 0 unspecified atom stereocenters. The maximum atomic E-state index is 13.2. The number of hydrazine groups is 1. The molecule has 0 aromatic heterocycles. The van der Waals surface area contributed by atoms with Crippen molar-refractivity contribution in [3.05, 3.63) is 59.9 Å². The van der Waals surface area contributed by atoms with Crippen molar-refractivity contribution in [2.75, 3.05) is 23.1 Å². The van der Waals surface area contributed by atoms with Gasteiger partial charge in [-0.25, -0.2) is 14.2 Å². The number of benzene rings is 2. The average Bonchev–Trinajstić information content (AvgIpc) is 2.80. The van der Waals surface area contributed by atoms with Crippen LogP contribution in [-0.2, 0) is 23.9 Å². The van der Waals surface area contributed by atoms with Gasteiger partial charge in [-0.15, -0.1) is 0 Å². The molecule has 172 valence electrons. The quantitative estimate of drug-likeness (QED) is 0.569. The first-order valence-corrected chi connectivity index (χ1v) is 9.98. The van der Waals surface area contributed by atoms with Crippen molar-refractivity contribution >= 4 is 41.0 Å². The molecule has 3 rings (SSSR count). The lowest BCUT2D eigenvalue weighted by Crippen LogP contribution is -2.50. The lowest BCUT2D eigenvalue weighted by atomic mass is 10.2. The third-order valence-electron chi connectivity index (χ3n) is 4.76. The fourth-order valence-electron chi connectivity index (χ4n) is 3.06. The van der Waals surface area contributed by atoms with Crippen molar-refractivity contribution in [2.45, 2.75) is 19.3 Å². The molecular weight excluding hydrogens is 435 g/mol. The van der Waals surface area contributed by atoms with E-state index in [1.54, 1.807) is 0 Å². The Morgan fingerprint density at radius 3 is 2.33 bits per heavy atom. The number of nitrogens with one attached hydrogen (secondary N) is 1. The summed E-state index contributed by atoms with van der Waals surface area (Å²) in [4.78, 5) is 60.8. The Labute approximate surface area is 188 Å². The summed E-state index contributed by atoms with van der Waals surface area (Å²) in [6.45, 7) is -0.695. The van der Waals surface area contributed by atoms with E-state index in [1.807, 2.05) is 0 Å². The van der Waals surface area contributed by atoms with E-state index in [0.717, 1.165) is 17.1 Å². The largest absolute Gasteiger partial charge is 0.452 e. The van der Waals surface area contributed by atoms with E-state index in [1.165, 1.54) is 41.3 Å². The fourth-order valence-corrected chi connectivity index (χ4v) is 3.06. The van der Waals surface area contributed by atoms with Crippen molar-refractivity contribution in [2.24, 2.45) is 5.73 Å². The van der Waals surface area contributed by atoms with Gasteiger partial charge in [-0.1, -0.05) is 0 Å². The molecule has 1 fully saturated rings. The van der Waals surface area contributed by atoms with Crippen molar-refractivity contribution < 1.29 is 33.1 Å². The standard InChI is InChI=1S/C22H21FN4O6/c23-15-3-7-16(8-4-15)26(12-11-18(24)28)21(31)13-33-22(32)14-1-5-17(6-2-14)27-20(30)10-9-19(29)25-27/h1-8H,9-13H2,(H2,24,28)(H,25,29). The zero-order valence-corrected chi connectivity index (χ0v) is 17.5. The average molecular weight is 456 g/mol. The summed E-state index contributed by atoms with van der Waals surface area (Å²) in [6.07, 6.45) is 0.0600. The van der Waals surface area contributed by atoms with Crippen LogP contribution in [0.15, 0.2) is 48.5 Å². The molecule has 0 bridgehead atoms. The maximum Gasteiger partial charge on any atom is 0.338 e. The molecule has 1 aliphatic rings. The van der Waals surface area contributed by atoms with Gasteiger partial charge >= 0.3 is 5.97 Å². The minimum Gasteiger partial charge on any atom is -0.452 e. The predicted molar refractivity (Wildman–Crippen MR) is 114 cm³/mol. The number of nitrogens with zero attached hydrogens (tertiary/aromatic N) is 2. The molecular formula is C22H21FN4O6. The molecule has 11 heteroatoms. The third-order valence-corrected chi connectivity index (χ3v) is 4.76. The third kappa shape index (κ3) is 6.12. The van der Waals surface area contributed by atoms with E-state index < -0.39 is 30.2 Å². The predicted octanol–water partition coefficient (Wildman–Crippen LogP) is 1.05. The molecule has 1 saturated heterocycles. The molecule has 0 aliphatic carbocycles. The van der Waals surface area contributed by atoms with Crippen molar-refractivity contribution in [1.82, 2.24) is 5.43 Å². The van der Waals surface area contributed by atoms with E-state index in [2.05, 4.69) is 5.43 Å². The van der Waals surface area contributed by atoms with Crippen LogP contribution >= 0.6 is 0 Å². The van der Waals surface area contributed by atoms with Gasteiger partial charge in [-0.2, -0.15) is 0 Å². The number of amides is 4. The first-order chi connectivity index (χ1) is 15.7. The zero-order valence-electron chi connectivity index (χ0n) is 17.5. The zero-order chi connectivity index (χ0) is 24.0. The number of ether oxygens (including phenoxy) is 1. The summed E-state index contributed by atoms with van der Waals surface area (Å²) in [5.74, 6) is -3.13. The lowest BCUT2D eigenvalue weighted by molar-refractivity contribution is -0.130. The number of carbonyl (C=O) groups excluding carboxylic acids is 5. The first kappa shape index (κ1) is 23.4. The molecule has 3 N–H and O–H groups in total. The molecule has 1 aliphatic heterocycles. The van der Waals surface area contributed by atoms with Gasteiger partial charge in [-0.3, -0.25) is 24.6 Å². The summed E-state index contributed by atoms with van der Waals surface area (Å²) in [7, 11) is 0. The van der Waals surface area contributed by atoms with Crippen LogP contribution in [0.25, 0.3) is 0 Å². The number of esters is 1. The summed E-state index contributed by atoms with van der Waals surface area (Å²) >= 11 is 0. The van der Waals surface area contributed by atoms with Gasteiger partial charge in [0.05, 0.1) is 11.3 Å². The summed E-state index contributed by atoms with van der Waals surface area (Å²) < 4.78 is 18.3. The number of nitrogens with two attached hydrogens (primary N) is 1. The number of hydrogen-bond acceptors (Lipinski definition) is 6. The normalized spacial score (nSPS) is 13.3. The Balaban J connectivity index is 1.63. The van der Waals surface area contributed by atoms with E-state index >= 15 is 0 Å². The number of anilines is 2. The van der Waals surface area contributed by atoms with Crippen molar-refractivity contribution in [1.29, 1.82) is 0 Å². The number of primary amides is 1. The van der Waals surface area contributed by atoms with Crippen LogP contribution < -0.4 is 21.1 Å². The minimum atomic E-state index is -0.794. The first-order valence-electron chi connectivity index (χ1n) is 9.98. The highest BCUT2D eigenvalue weighted by atomic mass is 19.1. The molecule has 0 saturated carbocycles. The minimum absolute atomic E-state index is 0.0678. The maximum absolute atomic E-state index is 13.2. The highest BCUT2D eigenvalue weighted by Crippen LogP contribution is 2.19. The monoisotopic (exact) mass is 456 g/mol. The highest BCUT2D eigenvalue weighted by Gasteiger charge is 2.25. The fraction of sp³-hybridized carbons (Fsp3) is 0.227. The second kappa shape index (κ2) is 10.4. The van der Waals surface area contributed by atoms with Gasteiger partial charge < -0.3 is 15.4 Å². The van der Waals surface area contributed by atoms with E-state index in [0.29, 0.717) is 11.4 Å². The summed E-state index contributed by atoms with van der Waals surface area (Å²) in [5, 5.41) is 1.10. The second-order valence-corrected chi connectivity index (χ2v) is 7.13. The Morgan fingerprint density at radius 2 is 1.70 bits per heavy atom. The molecule has 4 amide bonds. The molecule has 10 nitrogen and oxygen atoms in total. The van der Waals surface area contributed by atoms with Gasteiger partial charge in [0.25, 0.3) is 5.91 Å². The van der Waals surface area contributed by atoms with Gasteiger partial charge in [-0.05, 0) is 48.5 Å². The number of halogens is 1. The summed E-state index contributed by atoms with van der Waals surface area (Å²) in [5.41, 5.74) is 8.40. The number of rotatable bonds is 8. The second-order valence-electron chi connectivity index (χ2n) is 7.13. The van der Waals surface area contributed by atoms with Crippen LogP contribution in [0.2, 0.25) is 0 Å². The van der Waals surface area contributed by atoms with Gasteiger partial charge in [0.15, 0.2) is 6.61 Å². The highest BCUT2D eigenvalue weighted by molar-refractivity contribution is 6.02. The SMILES string of the molecule is NC(=O)CCN(C(=O)COC(=O)c1ccc(N2NC(=O)CCC2=O)cc1)c1ccc(F)cc1. The molecule has 1 heterocycles. The van der Waals surface area contributed by atoms with Crippen LogP contribution in [0.1, 0.15) is 29.6 Å². The van der Waals surface area contributed by atoms with E-state index in [9.17, 15) is 28.4 Å². The topological polar surface area (TPSA) is 139 Å². The Morgan fingerprint density at radius 1 is 1.03 bits per heavy atom. The lowest BCUT2D eigenvalue weighted by Gasteiger charge is -2.27. The van der Waals surface area contributed by atoms with Crippen molar-refractivity contribution in [3.63, 3.8) is 0 Å². The Hall–Kier alpha value is -4.28. The molecule has 0 radical (unpaired) electrons. The van der Waals surface area contributed by atoms with Crippen LogP contribution in [-0.4, -0.2) is 42.7 Å². The Bertz CT molecular complexity index is 1070. The van der Waals surface area contributed by atoms with Gasteiger partial charge in [0.1, 0.15) is 5.82 Å². The number of carbonyl (C=O) groups is 5. The van der Waals surface area contributed by atoms with E-state index in [-0.39, 0.29) is 43.2 Å². The molecule has 2 aromatic rings. The van der Waals surface area contributed by atoms with Crippen LogP contribution in [0, 0.1) is 5.82 Å². The van der Waals surface area contributed by atoms with Crippen LogP contribution in [0.3, 0.4) is 0 Å². The molecule has 0 atom stereocenters. The van der Waals surface area contributed by atoms with E-state index in [4.69, 9.17) is 10.5 Å². The van der Waals surface area contributed by atoms with Crippen LogP contribution in [0.4, 0.5) is 15.8 Å². The Kier molecular flexibility index (Phi) is 7.34. The summed E-state index contributed by atoms with van der Waals surface area (Å²) in [6, 6.07) is 10.7. The molecule has 0 spiro atoms. The smallest absolute Gasteiger partial charge is 0.338 e. The molecule has 33 heavy (non-hydrogen) atoms. The van der Waals surface area contributed by atoms with Crippen molar-refractivity contribution in [3.8, 4) is 0 Å². The van der Waals surface area contributed by atoms with Crippen LogP contribution in [0.5, 0.6) is 0 Å². The molecule has 2 aromatic carbocycles.